The van der Waals surface area contributed by atoms with Crippen molar-refractivity contribution in [3.05, 3.63) is 29.8 Å². The maximum atomic E-state index is 12.1. The first-order valence-electron chi connectivity index (χ1n) is 8.38. The Labute approximate surface area is 148 Å². The van der Waals surface area contributed by atoms with Crippen molar-refractivity contribution in [2.45, 2.75) is 19.8 Å². The second-order valence-corrected chi connectivity index (χ2v) is 6.11. The van der Waals surface area contributed by atoms with Gasteiger partial charge >= 0.3 is 5.97 Å². The van der Waals surface area contributed by atoms with E-state index in [1.807, 2.05) is 0 Å². The van der Waals surface area contributed by atoms with Gasteiger partial charge in [-0.25, -0.2) is 4.79 Å². The Kier molecular flexibility index (Phi) is 6.86. The van der Waals surface area contributed by atoms with Crippen molar-refractivity contribution in [1.29, 1.82) is 0 Å². The summed E-state index contributed by atoms with van der Waals surface area (Å²) in [5, 5.41) is 0. The van der Waals surface area contributed by atoms with Crippen LogP contribution in [0.3, 0.4) is 0 Å². The van der Waals surface area contributed by atoms with Crippen LogP contribution >= 0.6 is 0 Å². The molecule has 0 saturated carbocycles. The maximum absolute atomic E-state index is 12.1. The summed E-state index contributed by atoms with van der Waals surface area (Å²) in [5.74, 6) is 1.20. The number of likely N-dealkylation sites (tertiary alicyclic amines) is 1. The highest BCUT2D eigenvalue weighted by molar-refractivity contribution is 5.89. The Morgan fingerprint density at radius 1 is 1.20 bits per heavy atom. The highest BCUT2D eigenvalue weighted by Gasteiger charge is 2.20. The van der Waals surface area contributed by atoms with Crippen LogP contribution in [0.4, 0.5) is 0 Å². The van der Waals surface area contributed by atoms with Gasteiger partial charge < -0.3 is 19.1 Å². The molecule has 0 N–H and O–H groups in total. The van der Waals surface area contributed by atoms with Crippen molar-refractivity contribution >= 4 is 18.0 Å². The van der Waals surface area contributed by atoms with E-state index in [1.165, 1.54) is 6.08 Å². The summed E-state index contributed by atoms with van der Waals surface area (Å²) >= 11 is 0. The molecule has 1 amide bonds. The fraction of sp³-hybridized carbons (Fsp3) is 0.474. The fourth-order valence-corrected chi connectivity index (χ4v) is 2.66. The zero-order valence-corrected chi connectivity index (χ0v) is 15.0. The Bertz CT molecular complexity index is 633. The molecule has 0 aromatic heterocycles. The minimum absolute atomic E-state index is 0.146. The van der Waals surface area contributed by atoms with Gasteiger partial charge in [-0.3, -0.25) is 4.79 Å². The lowest BCUT2D eigenvalue weighted by Crippen LogP contribution is -2.40. The van der Waals surface area contributed by atoms with Gasteiger partial charge in [-0.05, 0) is 43.0 Å². The van der Waals surface area contributed by atoms with Gasteiger partial charge in [-0.2, -0.15) is 0 Å². The molecule has 1 fully saturated rings. The minimum atomic E-state index is -0.566. The van der Waals surface area contributed by atoms with Crippen molar-refractivity contribution in [2.75, 3.05) is 33.9 Å². The van der Waals surface area contributed by atoms with Crippen molar-refractivity contribution in [1.82, 2.24) is 4.90 Å². The number of carbonyl (C=O) groups is 2. The minimum Gasteiger partial charge on any atom is -0.497 e. The average Bonchev–Trinajstić information content (AvgIpc) is 2.64. The highest BCUT2D eigenvalue weighted by atomic mass is 16.5. The molecule has 1 saturated heterocycles. The number of amides is 1. The molecule has 0 spiro atoms. The third kappa shape index (κ3) is 5.52. The van der Waals surface area contributed by atoms with Crippen LogP contribution in [-0.2, 0) is 14.3 Å². The first kappa shape index (κ1) is 18.8. The van der Waals surface area contributed by atoms with Gasteiger partial charge in [-0.15, -0.1) is 0 Å². The molecule has 0 bridgehead atoms. The lowest BCUT2D eigenvalue weighted by molar-refractivity contribution is -0.148. The Hall–Kier alpha value is -2.50. The zero-order valence-electron chi connectivity index (χ0n) is 15.0. The average molecular weight is 347 g/mol. The molecule has 0 aliphatic carbocycles. The van der Waals surface area contributed by atoms with Crippen LogP contribution in [0.15, 0.2) is 24.3 Å². The van der Waals surface area contributed by atoms with Crippen LogP contribution in [-0.4, -0.2) is 50.7 Å². The Morgan fingerprint density at radius 3 is 2.56 bits per heavy atom. The van der Waals surface area contributed by atoms with Crippen molar-refractivity contribution in [3.8, 4) is 11.5 Å². The first-order valence-corrected chi connectivity index (χ1v) is 8.38. The molecule has 0 unspecified atom stereocenters. The van der Waals surface area contributed by atoms with Gasteiger partial charge in [0.2, 0.25) is 0 Å². The molecular formula is C19H25NO5. The Balaban J connectivity index is 1.87. The van der Waals surface area contributed by atoms with Crippen LogP contribution < -0.4 is 9.47 Å². The smallest absolute Gasteiger partial charge is 0.331 e. The van der Waals surface area contributed by atoms with Crippen LogP contribution in [0.25, 0.3) is 6.08 Å². The van der Waals surface area contributed by atoms with Gasteiger partial charge in [0.1, 0.15) is 11.5 Å². The van der Waals surface area contributed by atoms with E-state index < -0.39 is 5.97 Å². The number of nitrogens with zero attached hydrogens (tertiary/aromatic N) is 1. The molecule has 1 aromatic carbocycles. The maximum Gasteiger partial charge on any atom is 0.331 e. The lowest BCUT2D eigenvalue weighted by Gasteiger charge is -2.30. The van der Waals surface area contributed by atoms with E-state index in [0.29, 0.717) is 23.0 Å². The number of esters is 1. The molecule has 1 aliphatic heterocycles. The van der Waals surface area contributed by atoms with Crippen LogP contribution in [0, 0.1) is 5.92 Å². The molecule has 2 rings (SSSR count). The van der Waals surface area contributed by atoms with Crippen LogP contribution in [0.2, 0.25) is 0 Å². The lowest BCUT2D eigenvalue weighted by atomic mass is 9.99. The van der Waals surface area contributed by atoms with Gasteiger partial charge in [-0.1, -0.05) is 6.92 Å². The first-order chi connectivity index (χ1) is 12.0. The predicted octanol–water partition coefficient (Wildman–Crippen LogP) is 2.52. The zero-order chi connectivity index (χ0) is 18.2. The van der Waals surface area contributed by atoms with Crippen molar-refractivity contribution < 1.29 is 23.8 Å². The van der Waals surface area contributed by atoms with Crippen LogP contribution in [0.1, 0.15) is 25.3 Å². The summed E-state index contributed by atoms with van der Waals surface area (Å²) in [6.45, 7) is 3.41. The van der Waals surface area contributed by atoms with Gasteiger partial charge in [0.05, 0.1) is 14.2 Å². The third-order valence-electron chi connectivity index (χ3n) is 4.31. The summed E-state index contributed by atoms with van der Waals surface area (Å²) in [6, 6.07) is 5.28. The molecule has 136 valence electrons. The number of carbonyl (C=O) groups excluding carboxylic acids is 2. The Morgan fingerprint density at radius 2 is 1.92 bits per heavy atom. The summed E-state index contributed by atoms with van der Waals surface area (Å²) in [4.78, 5) is 25.7. The molecule has 25 heavy (non-hydrogen) atoms. The van der Waals surface area contributed by atoms with Crippen LogP contribution in [0.5, 0.6) is 11.5 Å². The number of rotatable bonds is 6. The van der Waals surface area contributed by atoms with E-state index in [9.17, 15) is 9.59 Å². The van der Waals surface area contributed by atoms with E-state index in [1.54, 1.807) is 43.4 Å². The number of piperidine rings is 1. The number of methoxy groups -OCH3 is 2. The summed E-state index contributed by atoms with van der Waals surface area (Å²) in [5.41, 5.74) is 0.690. The topological polar surface area (TPSA) is 65.1 Å². The van der Waals surface area contributed by atoms with Gasteiger partial charge in [0.25, 0.3) is 5.91 Å². The normalized spacial score (nSPS) is 15.2. The molecule has 1 aromatic rings. The largest absolute Gasteiger partial charge is 0.497 e. The standard InChI is InChI=1S/C19H25NO5/c1-14-8-10-20(11-9-14)18(21)13-25-19(22)7-4-15-12-16(23-2)5-6-17(15)24-3/h4-7,12,14H,8-11,13H2,1-3H3/b7-4+. The third-order valence-corrected chi connectivity index (χ3v) is 4.31. The molecular weight excluding hydrogens is 322 g/mol. The number of hydrogen-bond acceptors (Lipinski definition) is 5. The monoisotopic (exact) mass is 347 g/mol. The molecule has 0 atom stereocenters. The number of benzene rings is 1. The van der Waals surface area contributed by atoms with E-state index in [0.717, 1.165) is 25.9 Å². The SMILES string of the molecule is COc1ccc(OC)c(/C=C/C(=O)OCC(=O)N2CCC(C)CC2)c1. The molecule has 1 aliphatic rings. The second kappa shape index (κ2) is 9.11. The number of hydrogen-bond donors (Lipinski definition) is 0. The summed E-state index contributed by atoms with van der Waals surface area (Å²) in [7, 11) is 3.12. The molecule has 6 heteroatoms. The van der Waals surface area contributed by atoms with Crippen molar-refractivity contribution in [2.24, 2.45) is 5.92 Å². The predicted molar refractivity (Wildman–Crippen MR) is 94.5 cm³/mol. The summed E-state index contributed by atoms with van der Waals surface area (Å²) < 4.78 is 15.4. The van der Waals surface area contributed by atoms with E-state index in [2.05, 4.69) is 6.92 Å². The summed E-state index contributed by atoms with van der Waals surface area (Å²) in [6.07, 6.45) is 4.85. The molecule has 1 heterocycles. The molecule has 0 radical (unpaired) electrons. The van der Waals surface area contributed by atoms with Gasteiger partial charge in [0.15, 0.2) is 6.61 Å². The van der Waals surface area contributed by atoms with Gasteiger partial charge in [0, 0.05) is 24.7 Å². The van der Waals surface area contributed by atoms with Crippen molar-refractivity contribution in [3.63, 3.8) is 0 Å². The highest BCUT2D eigenvalue weighted by Crippen LogP contribution is 2.25. The molecule has 6 nitrogen and oxygen atoms in total. The fourth-order valence-electron chi connectivity index (χ4n) is 2.66. The van der Waals surface area contributed by atoms with E-state index >= 15 is 0 Å². The van der Waals surface area contributed by atoms with E-state index in [4.69, 9.17) is 14.2 Å². The number of ether oxygens (including phenoxy) is 3. The quantitative estimate of drug-likeness (QED) is 0.584. The second-order valence-electron chi connectivity index (χ2n) is 6.11. The van der Waals surface area contributed by atoms with E-state index in [-0.39, 0.29) is 12.5 Å².